The lowest BCUT2D eigenvalue weighted by Gasteiger charge is -2.15. The smallest absolute Gasteiger partial charge is 0.272 e. The summed E-state index contributed by atoms with van der Waals surface area (Å²) in [6, 6.07) is 25.9. The number of benzene rings is 4. The molecule has 0 aliphatic heterocycles. The molecule has 1 atom stereocenters. The molecule has 0 saturated heterocycles. The van der Waals surface area contributed by atoms with E-state index in [1.807, 2.05) is 6.07 Å². The minimum atomic E-state index is -0.581. The highest BCUT2D eigenvalue weighted by atomic mass is 35.5. The summed E-state index contributed by atoms with van der Waals surface area (Å²) >= 11 is 13.5. The van der Waals surface area contributed by atoms with E-state index in [2.05, 4.69) is 16.0 Å². The molecule has 41 heavy (non-hydrogen) atoms. The summed E-state index contributed by atoms with van der Waals surface area (Å²) in [5, 5.41) is 8.29. The van der Waals surface area contributed by atoms with Gasteiger partial charge in [-0.25, -0.2) is 4.39 Å². The van der Waals surface area contributed by atoms with Crippen molar-refractivity contribution in [1.29, 1.82) is 0 Å². The first-order chi connectivity index (χ1) is 19.7. The van der Waals surface area contributed by atoms with E-state index in [0.717, 1.165) is 4.90 Å². The van der Waals surface area contributed by atoms with E-state index in [1.165, 1.54) is 42.1 Å². The van der Waals surface area contributed by atoms with Crippen molar-refractivity contribution in [1.82, 2.24) is 5.32 Å². The quantitative estimate of drug-likeness (QED) is 0.135. The number of hydrogen-bond donors (Lipinski definition) is 3. The molecule has 0 saturated carbocycles. The number of anilines is 2. The monoisotopic (exact) mass is 607 g/mol. The number of thioether (sulfide) groups is 1. The maximum atomic E-state index is 13.4. The fourth-order valence-electron chi connectivity index (χ4n) is 3.61. The molecule has 3 amide bonds. The van der Waals surface area contributed by atoms with Crippen molar-refractivity contribution in [3.63, 3.8) is 0 Å². The Hall–Kier alpha value is -4.11. The lowest BCUT2D eigenvalue weighted by Crippen LogP contribution is -2.30. The molecule has 0 aliphatic carbocycles. The molecule has 0 heterocycles. The van der Waals surface area contributed by atoms with Gasteiger partial charge in [-0.15, -0.1) is 11.8 Å². The van der Waals surface area contributed by atoms with Crippen molar-refractivity contribution in [3.8, 4) is 0 Å². The average Bonchev–Trinajstić information content (AvgIpc) is 2.96. The van der Waals surface area contributed by atoms with Crippen LogP contribution in [0.2, 0.25) is 10.0 Å². The minimum absolute atomic E-state index is 0.0327. The summed E-state index contributed by atoms with van der Waals surface area (Å²) in [6.07, 6.45) is 1.46. The van der Waals surface area contributed by atoms with E-state index in [1.54, 1.807) is 73.7 Å². The number of hydrogen-bond acceptors (Lipinski definition) is 4. The van der Waals surface area contributed by atoms with E-state index < -0.39 is 22.9 Å². The molecule has 4 aromatic rings. The first-order valence-corrected chi connectivity index (χ1v) is 14.0. The predicted octanol–water partition coefficient (Wildman–Crippen LogP) is 7.66. The lowest BCUT2D eigenvalue weighted by atomic mass is 10.1. The molecule has 0 bridgehead atoms. The van der Waals surface area contributed by atoms with Crippen molar-refractivity contribution in [2.24, 2.45) is 0 Å². The number of halogens is 3. The highest BCUT2D eigenvalue weighted by Gasteiger charge is 2.18. The highest BCUT2D eigenvalue weighted by molar-refractivity contribution is 8.00. The van der Waals surface area contributed by atoms with Crippen LogP contribution in [0.4, 0.5) is 15.8 Å². The maximum absolute atomic E-state index is 13.4. The maximum Gasteiger partial charge on any atom is 0.272 e. The first kappa shape index (κ1) is 29.9. The van der Waals surface area contributed by atoms with Gasteiger partial charge < -0.3 is 16.0 Å². The molecule has 1 unspecified atom stereocenters. The van der Waals surface area contributed by atoms with Gasteiger partial charge in [-0.2, -0.15) is 0 Å². The molecule has 0 aromatic heterocycles. The normalized spacial score (nSPS) is 11.9. The number of rotatable bonds is 9. The third kappa shape index (κ3) is 8.44. The fraction of sp³-hybridized carbons (Fsp3) is 0.0645. The lowest BCUT2D eigenvalue weighted by molar-refractivity contribution is -0.115. The van der Waals surface area contributed by atoms with E-state index in [4.69, 9.17) is 23.2 Å². The van der Waals surface area contributed by atoms with Crippen LogP contribution in [0.1, 0.15) is 22.8 Å². The predicted molar refractivity (Wildman–Crippen MR) is 164 cm³/mol. The van der Waals surface area contributed by atoms with Crippen LogP contribution < -0.4 is 16.0 Å². The van der Waals surface area contributed by atoms with Crippen molar-refractivity contribution < 1.29 is 18.8 Å². The van der Waals surface area contributed by atoms with Gasteiger partial charge in [0.2, 0.25) is 5.91 Å². The average molecular weight is 609 g/mol. The van der Waals surface area contributed by atoms with Gasteiger partial charge in [0.1, 0.15) is 11.5 Å². The zero-order valence-electron chi connectivity index (χ0n) is 21.7. The molecule has 0 spiro atoms. The van der Waals surface area contributed by atoms with Crippen LogP contribution >= 0.6 is 35.0 Å². The van der Waals surface area contributed by atoms with Gasteiger partial charge in [0.05, 0.1) is 21.0 Å². The Kier molecular flexibility index (Phi) is 10.2. The third-order valence-corrected chi connectivity index (χ3v) is 7.61. The van der Waals surface area contributed by atoms with Crippen LogP contribution in [0.5, 0.6) is 0 Å². The molecule has 10 heteroatoms. The Morgan fingerprint density at radius 2 is 1.56 bits per heavy atom. The molecule has 3 N–H and O–H groups in total. The largest absolute Gasteiger partial charge is 0.324 e. The summed E-state index contributed by atoms with van der Waals surface area (Å²) in [5.74, 6) is -1.75. The Bertz CT molecular complexity index is 1600. The zero-order chi connectivity index (χ0) is 29.4. The Morgan fingerprint density at radius 3 is 2.29 bits per heavy atom. The van der Waals surface area contributed by atoms with Crippen LogP contribution in [0.15, 0.2) is 108 Å². The number of amides is 3. The van der Waals surface area contributed by atoms with Crippen LogP contribution in [0.3, 0.4) is 0 Å². The zero-order valence-corrected chi connectivity index (χ0v) is 24.0. The second kappa shape index (κ2) is 14.0. The summed E-state index contributed by atoms with van der Waals surface area (Å²) in [4.78, 5) is 39.6. The summed E-state index contributed by atoms with van der Waals surface area (Å²) in [5.41, 5.74) is 1.72. The van der Waals surface area contributed by atoms with Gasteiger partial charge >= 0.3 is 0 Å². The second-order valence-electron chi connectivity index (χ2n) is 8.76. The van der Waals surface area contributed by atoms with Crippen LogP contribution in [-0.2, 0) is 9.59 Å². The highest BCUT2D eigenvalue weighted by Crippen LogP contribution is 2.31. The topological polar surface area (TPSA) is 87.3 Å². The van der Waals surface area contributed by atoms with Gasteiger partial charge in [0.15, 0.2) is 0 Å². The molecule has 4 rings (SSSR count). The van der Waals surface area contributed by atoms with Gasteiger partial charge in [-0.3, -0.25) is 14.4 Å². The molecule has 0 radical (unpaired) electrons. The number of nitrogens with one attached hydrogen (secondary N) is 3. The van der Waals surface area contributed by atoms with Crippen LogP contribution in [0.25, 0.3) is 6.08 Å². The number of carbonyl (C=O) groups excluding carboxylic acids is 3. The van der Waals surface area contributed by atoms with Crippen molar-refractivity contribution >= 4 is 70.1 Å². The van der Waals surface area contributed by atoms with Gasteiger partial charge in [-0.1, -0.05) is 65.7 Å². The summed E-state index contributed by atoms with van der Waals surface area (Å²) in [7, 11) is 0. The van der Waals surface area contributed by atoms with E-state index in [9.17, 15) is 18.8 Å². The molecular formula is C31H24Cl2FN3O3S. The standard InChI is InChI=1S/C31H24Cl2FN3O3S/c1-19(29(38)36-26-12-6-11-25(32)28(26)33)41-24-10-5-9-23(18-24)35-31(40)27(17-20-13-15-22(34)16-14-20)37-30(39)21-7-3-2-4-8-21/h2-19H,1H3,(H,35,40)(H,36,38)(H,37,39)/b27-17+. The van der Waals surface area contributed by atoms with E-state index in [-0.39, 0.29) is 16.6 Å². The molecule has 0 fully saturated rings. The van der Waals surface area contributed by atoms with Gasteiger partial charge in [-0.05, 0) is 73.2 Å². The van der Waals surface area contributed by atoms with Crippen LogP contribution in [-0.4, -0.2) is 23.0 Å². The second-order valence-corrected chi connectivity index (χ2v) is 11.0. The SMILES string of the molecule is CC(Sc1cccc(NC(=O)/C(=C\c2ccc(F)cc2)NC(=O)c2ccccc2)c1)C(=O)Nc1cccc(Cl)c1Cl. The van der Waals surface area contributed by atoms with Gasteiger partial charge in [0, 0.05) is 16.1 Å². The van der Waals surface area contributed by atoms with E-state index in [0.29, 0.717) is 27.5 Å². The van der Waals surface area contributed by atoms with Crippen molar-refractivity contribution in [2.45, 2.75) is 17.1 Å². The molecule has 6 nitrogen and oxygen atoms in total. The molecular weight excluding hydrogens is 584 g/mol. The first-order valence-electron chi connectivity index (χ1n) is 12.4. The number of carbonyl (C=O) groups is 3. The Morgan fingerprint density at radius 1 is 0.854 bits per heavy atom. The summed E-state index contributed by atoms with van der Waals surface area (Å²) < 4.78 is 13.4. The van der Waals surface area contributed by atoms with Crippen molar-refractivity contribution in [3.05, 3.63) is 130 Å². The van der Waals surface area contributed by atoms with Crippen molar-refractivity contribution in [2.75, 3.05) is 10.6 Å². The van der Waals surface area contributed by atoms with Crippen LogP contribution in [0, 0.1) is 5.82 Å². The Balaban J connectivity index is 1.48. The fourth-order valence-corrected chi connectivity index (χ4v) is 4.88. The van der Waals surface area contributed by atoms with Gasteiger partial charge in [0.25, 0.3) is 11.8 Å². The third-order valence-electron chi connectivity index (χ3n) is 5.69. The van der Waals surface area contributed by atoms with E-state index >= 15 is 0 Å². The minimum Gasteiger partial charge on any atom is -0.324 e. The Labute approximate surface area is 250 Å². The molecule has 0 aliphatic rings. The summed E-state index contributed by atoms with van der Waals surface area (Å²) in [6.45, 7) is 1.74. The molecule has 4 aromatic carbocycles. The molecule has 208 valence electrons.